The van der Waals surface area contributed by atoms with Gasteiger partial charge in [0, 0.05) is 20.2 Å². The second kappa shape index (κ2) is 7.80. The molecular formula is C12H20N4O3. The number of pyridine rings is 1. The van der Waals surface area contributed by atoms with Crippen LogP contribution in [0.5, 0.6) is 0 Å². The number of nitrogen functional groups attached to an aromatic ring is 1. The Balaban J connectivity index is 2.59. The number of hydrazine groups is 1. The molecule has 7 heteroatoms. The van der Waals surface area contributed by atoms with Gasteiger partial charge in [0.15, 0.2) is 0 Å². The summed E-state index contributed by atoms with van der Waals surface area (Å²) in [5.41, 5.74) is 3.04. The third-order valence-electron chi connectivity index (χ3n) is 2.48. The molecule has 0 aliphatic rings. The molecule has 106 valence electrons. The number of aliphatic hydroxyl groups is 1. The molecule has 0 fully saturated rings. The molecule has 4 N–H and O–H groups in total. The van der Waals surface area contributed by atoms with Crippen molar-refractivity contribution in [2.75, 3.05) is 27.3 Å². The van der Waals surface area contributed by atoms with E-state index in [1.807, 2.05) is 23.4 Å². The number of nitrogens with two attached hydrogens (primary N) is 1. The standard InChI is InChI=1S/C12H20N4O3/c1-16(7-10(17)8-19-2)6-9-4-3-5-11(14-9)12(18)15-13/h3-5,10,17H,6-8,13H2,1-2H3,(H,15,18). The molecule has 0 radical (unpaired) electrons. The maximum absolute atomic E-state index is 11.3. The van der Waals surface area contributed by atoms with Crippen LogP contribution in [0.4, 0.5) is 0 Å². The van der Waals surface area contributed by atoms with Crippen LogP contribution in [0.15, 0.2) is 18.2 Å². The monoisotopic (exact) mass is 268 g/mol. The maximum Gasteiger partial charge on any atom is 0.283 e. The van der Waals surface area contributed by atoms with Crippen LogP contribution in [0.1, 0.15) is 16.2 Å². The van der Waals surface area contributed by atoms with Gasteiger partial charge in [0.05, 0.1) is 18.4 Å². The molecule has 0 aliphatic carbocycles. The number of hydrogen-bond donors (Lipinski definition) is 3. The summed E-state index contributed by atoms with van der Waals surface area (Å²) in [7, 11) is 3.40. The number of aliphatic hydroxyl groups excluding tert-OH is 1. The first kappa shape index (κ1) is 15.5. The molecule has 1 heterocycles. The van der Waals surface area contributed by atoms with Gasteiger partial charge in [0.2, 0.25) is 0 Å². The van der Waals surface area contributed by atoms with E-state index in [0.717, 1.165) is 5.69 Å². The van der Waals surface area contributed by atoms with Gasteiger partial charge in [-0.2, -0.15) is 0 Å². The van der Waals surface area contributed by atoms with Crippen molar-refractivity contribution in [3.63, 3.8) is 0 Å². The summed E-state index contributed by atoms with van der Waals surface area (Å²) >= 11 is 0. The van der Waals surface area contributed by atoms with Crippen molar-refractivity contribution in [2.24, 2.45) is 5.84 Å². The van der Waals surface area contributed by atoms with E-state index >= 15 is 0 Å². The first-order valence-electron chi connectivity index (χ1n) is 5.89. The molecule has 0 spiro atoms. The molecule has 1 amide bonds. The van der Waals surface area contributed by atoms with Crippen molar-refractivity contribution < 1.29 is 14.6 Å². The molecule has 0 aromatic carbocycles. The summed E-state index contributed by atoms with van der Waals surface area (Å²) in [6.45, 7) is 1.27. The number of nitrogens with zero attached hydrogens (tertiary/aromatic N) is 2. The van der Waals surface area contributed by atoms with Gasteiger partial charge < -0.3 is 9.84 Å². The Hall–Kier alpha value is -1.54. The lowest BCUT2D eigenvalue weighted by Gasteiger charge is -2.19. The van der Waals surface area contributed by atoms with Crippen LogP contribution >= 0.6 is 0 Å². The highest BCUT2D eigenvalue weighted by Crippen LogP contribution is 2.03. The number of methoxy groups -OCH3 is 1. The smallest absolute Gasteiger partial charge is 0.283 e. The molecule has 1 atom stereocenters. The largest absolute Gasteiger partial charge is 0.389 e. The molecule has 1 aromatic rings. The number of hydrogen-bond acceptors (Lipinski definition) is 6. The summed E-state index contributed by atoms with van der Waals surface area (Å²) in [5, 5.41) is 9.61. The molecule has 7 nitrogen and oxygen atoms in total. The van der Waals surface area contributed by atoms with Gasteiger partial charge in [-0.15, -0.1) is 0 Å². The summed E-state index contributed by atoms with van der Waals surface area (Å²) in [4.78, 5) is 17.4. The lowest BCUT2D eigenvalue weighted by Crippen LogP contribution is -2.33. The van der Waals surface area contributed by atoms with Gasteiger partial charge in [0.1, 0.15) is 5.69 Å². The van der Waals surface area contributed by atoms with Crippen LogP contribution in [0.3, 0.4) is 0 Å². The average molecular weight is 268 g/mol. The fourth-order valence-electron chi connectivity index (χ4n) is 1.71. The first-order valence-corrected chi connectivity index (χ1v) is 5.89. The van der Waals surface area contributed by atoms with Gasteiger partial charge in [-0.3, -0.25) is 15.1 Å². The quantitative estimate of drug-likeness (QED) is 0.337. The summed E-state index contributed by atoms with van der Waals surface area (Å²) in [6.07, 6.45) is -0.550. The minimum atomic E-state index is -0.550. The topological polar surface area (TPSA) is 101 Å². The van der Waals surface area contributed by atoms with Crippen molar-refractivity contribution in [2.45, 2.75) is 12.6 Å². The summed E-state index contributed by atoms with van der Waals surface area (Å²) < 4.78 is 4.86. The number of aromatic nitrogens is 1. The Morgan fingerprint density at radius 2 is 2.37 bits per heavy atom. The Labute approximate surface area is 112 Å². The SMILES string of the molecule is COCC(O)CN(C)Cc1cccc(C(=O)NN)n1. The molecule has 19 heavy (non-hydrogen) atoms. The van der Waals surface area contributed by atoms with Crippen LogP contribution < -0.4 is 11.3 Å². The van der Waals surface area contributed by atoms with Gasteiger partial charge in [0.25, 0.3) is 5.91 Å². The number of rotatable bonds is 7. The Kier molecular flexibility index (Phi) is 6.37. The Morgan fingerprint density at radius 1 is 1.63 bits per heavy atom. The van der Waals surface area contributed by atoms with E-state index in [2.05, 4.69) is 4.98 Å². The Bertz CT molecular complexity index is 414. The molecular weight excluding hydrogens is 248 g/mol. The van der Waals surface area contributed by atoms with E-state index in [1.165, 1.54) is 0 Å². The molecule has 1 rings (SSSR count). The third kappa shape index (κ3) is 5.31. The number of amides is 1. The third-order valence-corrected chi connectivity index (χ3v) is 2.48. The van der Waals surface area contributed by atoms with Crippen LogP contribution in [0.2, 0.25) is 0 Å². The number of likely N-dealkylation sites (N-methyl/N-ethyl adjacent to an activating group) is 1. The second-order valence-electron chi connectivity index (χ2n) is 4.29. The van der Waals surface area contributed by atoms with Gasteiger partial charge >= 0.3 is 0 Å². The fourth-order valence-corrected chi connectivity index (χ4v) is 1.71. The number of carbonyl (C=O) groups excluding carboxylic acids is 1. The van der Waals surface area contributed by atoms with E-state index in [4.69, 9.17) is 10.6 Å². The van der Waals surface area contributed by atoms with Gasteiger partial charge in [-0.1, -0.05) is 6.07 Å². The lowest BCUT2D eigenvalue weighted by molar-refractivity contribution is 0.0416. The van der Waals surface area contributed by atoms with E-state index < -0.39 is 12.0 Å². The van der Waals surface area contributed by atoms with Crippen molar-refractivity contribution in [3.05, 3.63) is 29.6 Å². The van der Waals surface area contributed by atoms with Gasteiger partial charge in [-0.05, 0) is 19.2 Å². The van der Waals surface area contributed by atoms with E-state index in [9.17, 15) is 9.90 Å². The number of carbonyl (C=O) groups is 1. The van der Waals surface area contributed by atoms with Crippen molar-refractivity contribution in [1.82, 2.24) is 15.3 Å². The molecule has 0 bridgehead atoms. The van der Waals surface area contributed by atoms with Crippen LogP contribution in [-0.2, 0) is 11.3 Å². The predicted molar refractivity (Wildman–Crippen MR) is 70.1 cm³/mol. The zero-order valence-electron chi connectivity index (χ0n) is 11.2. The van der Waals surface area contributed by atoms with Crippen LogP contribution in [-0.4, -0.2) is 54.3 Å². The van der Waals surface area contributed by atoms with Crippen molar-refractivity contribution in [3.8, 4) is 0 Å². The van der Waals surface area contributed by atoms with Gasteiger partial charge in [-0.25, -0.2) is 10.8 Å². The lowest BCUT2D eigenvalue weighted by atomic mass is 10.2. The van der Waals surface area contributed by atoms with Crippen molar-refractivity contribution in [1.29, 1.82) is 0 Å². The highest BCUT2D eigenvalue weighted by atomic mass is 16.5. The summed E-state index contributed by atoms with van der Waals surface area (Å²) in [6, 6.07) is 5.14. The molecule has 0 aliphatic heterocycles. The molecule has 0 saturated heterocycles. The van der Waals surface area contributed by atoms with E-state index in [0.29, 0.717) is 13.1 Å². The van der Waals surface area contributed by atoms with Crippen LogP contribution in [0.25, 0.3) is 0 Å². The van der Waals surface area contributed by atoms with Crippen molar-refractivity contribution >= 4 is 5.91 Å². The van der Waals surface area contributed by atoms with Crippen LogP contribution in [0, 0.1) is 0 Å². The number of nitrogens with one attached hydrogen (secondary N) is 1. The zero-order chi connectivity index (χ0) is 14.3. The molecule has 1 unspecified atom stereocenters. The summed E-state index contributed by atoms with van der Waals surface area (Å²) in [5.74, 6) is 4.63. The zero-order valence-corrected chi connectivity index (χ0v) is 11.2. The molecule has 1 aromatic heterocycles. The fraction of sp³-hybridized carbons (Fsp3) is 0.500. The first-order chi connectivity index (χ1) is 9.06. The van der Waals surface area contributed by atoms with E-state index in [1.54, 1.807) is 19.2 Å². The molecule has 0 saturated carbocycles. The minimum Gasteiger partial charge on any atom is -0.389 e. The second-order valence-corrected chi connectivity index (χ2v) is 4.29. The minimum absolute atomic E-state index is 0.269. The predicted octanol–water partition coefficient (Wildman–Crippen LogP) is -0.876. The average Bonchev–Trinajstić information content (AvgIpc) is 2.38. The highest BCUT2D eigenvalue weighted by Gasteiger charge is 2.10. The normalized spacial score (nSPS) is 12.5. The van der Waals surface area contributed by atoms with E-state index in [-0.39, 0.29) is 12.3 Å². The maximum atomic E-state index is 11.3. The highest BCUT2D eigenvalue weighted by molar-refractivity contribution is 5.91. The Morgan fingerprint density at radius 3 is 3.00 bits per heavy atom. The number of ether oxygens (including phenoxy) is 1.